The van der Waals surface area contributed by atoms with Gasteiger partial charge >= 0.3 is 0 Å². The smallest absolute Gasteiger partial charge is 0.271 e. The second-order valence-corrected chi connectivity index (χ2v) is 7.39. The topological polar surface area (TPSA) is 67.3 Å². The zero-order valence-electron chi connectivity index (χ0n) is 14.8. The van der Waals surface area contributed by atoms with Crippen molar-refractivity contribution in [1.82, 2.24) is 15.3 Å². The van der Waals surface area contributed by atoms with Crippen LogP contribution in [0.15, 0.2) is 6.20 Å². The van der Waals surface area contributed by atoms with Crippen LogP contribution in [-0.4, -0.2) is 48.2 Å². The zero-order valence-corrected chi connectivity index (χ0v) is 15.6. The molecule has 2 aliphatic rings. The minimum atomic E-state index is -0.270. The SMILES string of the molecule is C[C@H]1CCCC[C@H]1OCCNC(=O)c1nc(N2CCCC2)ncc1Cl. The average molecular weight is 367 g/mol. The van der Waals surface area contributed by atoms with E-state index in [9.17, 15) is 4.79 Å². The fraction of sp³-hybridized carbons (Fsp3) is 0.722. The molecule has 0 spiro atoms. The summed E-state index contributed by atoms with van der Waals surface area (Å²) in [5.74, 6) is 0.913. The summed E-state index contributed by atoms with van der Waals surface area (Å²) in [6.07, 6.45) is 8.96. The van der Waals surface area contributed by atoms with Crippen LogP contribution in [0.25, 0.3) is 0 Å². The maximum Gasteiger partial charge on any atom is 0.271 e. The summed E-state index contributed by atoms with van der Waals surface area (Å²) in [5.41, 5.74) is 0.240. The van der Waals surface area contributed by atoms with Crippen molar-refractivity contribution in [2.45, 2.75) is 51.6 Å². The van der Waals surface area contributed by atoms with E-state index >= 15 is 0 Å². The van der Waals surface area contributed by atoms with Gasteiger partial charge in [0.25, 0.3) is 5.91 Å². The Balaban J connectivity index is 1.49. The number of aromatic nitrogens is 2. The molecule has 2 fully saturated rings. The van der Waals surface area contributed by atoms with E-state index < -0.39 is 0 Å². The van der Waals surface area contributed by atoms with Gasteiger partial charge in [-0.05, 0) is 31.6 Å². The summed E-state index contributed by atoms with van der Waals surface area (Å²) in [6.45, 7) is 5.07. The first-order valence-corrected chi connectivity index (χ1v) is 9.70. The second-order valence-electron chi connectivity index (χ2n) is 6.99. The third kappa shape index (κ3) is 4.82. The van der Waals surface area contributed by atoms with Crippen molar-refractivity contribution in [2.75, 3.05) is 31.1 Å². The first kappa shape index (κ1) is 18.4. The quantitative estimate of drug-likeness (QED) is 0.784. The molecule has 1 amide bonds. The van der Waals surface area contributed by atoms with Crippen LogP contribution in [0.5, 0.6) is 0 Å². The molecule has 3 rings (SSSR count). The fourth-order valence-corrected chi connectivity index (χ4v) is 3.75. The van der Waals surface area contributed by atoms with E-state index in [2.05, 4.69) is 27.1 Å². The molecule has 1 aromatic heterocycles. The number of amides is 1. The molecule has 0 bridgehead atoms. The van der Waals surface area contributed by atoms with Crippen LogP contribution in [-0.2, 0) is 4.74 Å². The molecule has 0 aromatic carbocycles. The lowest BCUT2D eigenvalue weighted by atomic mass is 9.88. The molecule has 0 radical (unpaired) electrons. The number of halogens is 1. The van der Waals surface area contributed by atoms with E-state index in [4.69, 9.17) is 16.3 Å². The van der Waals surface area contributed by atoms with Gasteiger partial charge in [-0.25, -0.2) is 9.97 Å². The standard InChI is InChI=1S/C18H27ClN4O2/c1-13-6-2-3-7-15(13)25-11-8-20-17(24)16-14(19)12-21-18(22-16)23-9-4-5-10-23/h12-13,15H,2-11H2,1H3,(H,20,24)/t13-,15+/m0/s1. The zero-order chi connectivity index (χ0) is 17.6. The summed E-state index contributed by atoms with van der Waals surface area (Å²) in [7, 11) is 0. The lowest BCUT2D eigenvalue weighted by Gasteiger charge is -2.28. The van der Waals surface area contributed by atoms with E-state index in [1.54, 1.807) is 0 Å². The van der Waals surface area contributed by atoms with Crippen molar-refractivity contribution in [2.24, 2.45) is 5.92 Å². The highest BCUT2D eigenvalue weighted by molar-refractivity contribution is 6.33. The number of rotatable bonds is 6. The lowest BCUT2D eigenvalue weighted by molar-refractivity contribution is -0.00295. The molecule has 2 atom stereocenters. The van der Waals surface area contributed by atoms with Crippen LogP contribution in [0.3, 0.4) is 0 Å². The maximum absolute atomic E-state index is 12.4. The molecule has 1 saturated carbocycles. The van der Waals surface area contributed by atoms with Gasteiger partial charge in [-0.3, -0.25) is 4.79 Å². The van der Waals surface area contributed by atoms with Gasteiger partial charge in [0, 0.05) is 19.6 Å². The molecule has 25 heavy (non-hydrogen) atoms. The molecule has 1 saturated heterocycles. The first-order valence-electron chi connectivity index (χ1n) is 9.32. The Morgan fingerprint density at radius 1 is 1.32 bits per heavy atom. The van der Waals surface area contributed by atoms with Crippen molar-refractivity contribution in [3.05, 3.63) is 16.9 Å². The number of anilines is 1. The molecular weight excluding hydrogens is 340 g/mol. The minimum absolute atomic E-state index is 0.240. The number of hydrogen-bond donors (Lipinski definition) is 1. The van der Waals surface area contributed by atoms with Gasteiger partial charge in [-0.15, -0.1) is 0 Å². The van der Waals surface area contributed by atoms with Crippen LogP contribution in [0.4, 0.5) is 5.95 Å². The molecule has 2 heterocycles. The van der Waals surface area contributed by atoms with E-state index in [1.807, 2.05) is 0 Å². The summed E-state index contributed by atoms with van der Waals surface area (Å²) >= 11 is 6.12. The second kappa shape index (κ2) is 8.81. The van der Waals surface area contributed by atoms with Gasteiger partial charge < -0.3 is 15.0 Å². The van der Waals surface area contributed by atoms with Gasteiger partial charge in [0.15, 0.2) is 5.69 Å². The van der Waals surface area contributed by atoms with Gasteiger partial charge in [0.1, 0.15) is 0 Å². The molecule has 1 aliphatic carbocycles. The number of nitrogens with one attached hydrogen (secondary N) is 1. The van der Waals surface area contributed by atoms with Gasteiger partial charge in [0.2, 0.25) is 5.95 Å². The number of ether oxygens (including phenoxy) is 1. The molecule has 1 aliphatic heterocycles. The Morgan fingerprint density at radius 3 is 2.84 bits per heavy atom. The number of hydrogen-bond acceptors (Lipinski definition) is 5. The van der Waals surface area contributed by atoms with Crippen molar-refractivity contribution < 1.29 is 9.53 Å². The monoisotopic (exact) mass is 366 g/mol. The van der Waals surface area contributed by atoms with E-state index in [0.717, 1.165) is 32.4 Å². The van der Waals surface area contributed by atoms with Crippen molar-refractivity contribution in [3.8, 4) is 0 Å². The number of carbonyl (C=O) groups excluding carboxylic acids is 1. The van der Waals surface area contributed by atoms with Crippen LogP contribution in [0.1, 0.15) is 55.9 Å². The van der Waals surface area contributed by atoms with Crippen molar-refractivity contribution in [1.29, 1.82) is 0 Å². The Hall–Kier alpha value is -1.40. The summed E-state index contributed by atoms with van der Waals surface area (Å²) in [6, 6.07) is 0. The van der Waals surface area contributed by atoms with E-state index in [1.165, 1.54) is 25.5 Å². The number of carbonyl (C=O) groups is 1. The number of nitrogens with zero attached hydrogens (tertiary/aromatic N) is 3. The normalized spacial score (nSPS) is 23.7. The highest BCUT2D eigenvalue weighted by Gasteiger charge is 2.22. The van der Waals surface area contributed by atoms with Crippen LogP contribution in [0.2, 0.25) is 5.02 Å². The molecule has 0 unspecified atom stereocenters. The third-order valence-corrected chi connectivity index (χ3v) is 5.36. The Kier molecular flexibility index (Phi) is 6.48. The maximum atomic E-state index is 12.4. The van der Waals surface area contributed by atoms with E-state index in [0.29, 0.717) is 31.1 Å². The predicted octanol–water partition coefficient (Wildman–Crippen LogP) is 3.06. The van der Waals surface area contributed by atoms with Crippen LogP contribution >= 0.6 is 11.6 Å². The molecule has 7 heteroatoms. The van der Waals surface area contributed by atoms with E-state index in [-0.39, 0.29) is 16.6 Å². The molecular formula is C18H27ClN4O2. The largest absolute Gasteiger partial charge is 0.376 e. The Labute approximate surface area is 154 Å². The molecule has 1 aromatic rings. The summed E-state index contributed by atoms with van der Waals surface area (Å²) in [5, 5.41) is 3.13. The first-order chi connectivity index (χ1) is 12.1. The lowest BCUT2D eigenvalue weighted by Crippen LogP contribution is -2.32. The third-order valence-electron chi connectivity index (χ3n) is 5.09. The van der Waals surface area contributed by atoms with Crippen LogP contribution < -0.4 is 10.2 Å². The highest BCUT2D eigenvalue weighted by Crippen LogP contribution is 2.26. The summed E-state index contributed by atoms with van der Waals surface area (Å²) < 4.78 is 5.93. The van der Waals surface area contributed by atoms with Crippen molar-refractivity contribution >= 4 is 23.5 Å². The average Bonchev–Trinajstić information content (AvgIpc) is 3.15. The Morgan fingerprint density at radius 2 is 2.08 bits per heavy atom. The fourth-order valence-electron chi connectivity index (χ4n) is 3.57. The van der Waals surface area contributed by atoms with Gasteiger partial charge in [0.05, 0.1) is 23.9 Å². The highest BCUT2D eigenvalue weighted by atomic mass is 35.5. The van der Waals surface area contributed by atoms with Crippen molar-refractivity contribution in [3.63, 3.8) is 0 Å². The molecule has 1 N–H and O–H groups in total. The van der Waals surface area contributed by atoms with Gasteiger partial charge in [-0.1, -0.05) is 31.4 Å². The minimum Gasteiger partial charge on any atom is -0.376 e. The predicted molar refractivity (Wildman–Crippen MR) is 98.2 cm³/mol. The van der Waals surface area contributed by atoms with Crippen LogP contribution in [0, 0.1) is 5.92 Å². The summed E-state index contributed by atoms with van der Waals surface area (Å²) in [4.78, 5) is 23.1. The van der Waals surface area contributed by atoms with Gasteiger partial charge in [-0.2, -0.15) is 0 Å². The Bertz CT molecular complexity index is 592. The molecule has 138 valence electrons. The molecule has 6 nitrogen and oxygen atoms in total.